The normalized spacial score (nSPS) is 30.7. The highest BCUT2D eigenvalue weighted by Gasteiger charge is 2.31. The number of ether oxygens (including phenoxy) is 1. The van der Waals surface area contributed by atoms with Crippen LogP contribution in [-0.2, 0) is 9.53 Å². The van der Waals surface area contributed by atoms with E-state index in [0.29, 0.717) is 5.33 Å². The number of Topliss-reactive ketones (excluding diaryl/α,β-unsaturated/α-hetero) is 1. The first-order valence-electron chi connectivity index (χ1n) is 3.99. The SMILES string of the molecule is CCC1OCCC1C(=O)CBr. The molecule has 11 heavy (non-hydrogen) atoms. The molecular formula is C8H13BrO2. The van der Waals surface area contributed by atoms with Gasteiger partial charge in [-0.05, 0) is 12.8 Å². The predicted molar refractivity (Wildman–Crippen MR) is 46.9 cm³/mol. The fraction of sp³-hybridized carbons (Fsp3) is 0.875. The summed E-state index contributed by atoms with van der Waals surface area (Å²) in [5.74, 6) is 0.439. The molecule has 1 rings (SSSR count). The fourth-order valence-electron chi connectivity index (χ4n) is 1.52. The molecule has 0 amide bonds. The Kier molecular flexibility index (Phi) is 3.52. The summed E-state index contributed by atoms with van der Waals surface area (Å²) in [6, 6.07) is 0. The number of halogens is 1. The van der Waals surface area contributed by atoms with Crippen LogP contribution in [0.1, 0.15) is 19.8 Å². The molecular weight excluding hydrogens is 208 g/mol. The Bertz CT molecular complexity index is 147. The molecule has 1 aliphatic rings. The summed E-state index contributed by atoms with van der Waals surface area (Å²) in [6.45, 7) is 2.81. The number of ketones is 1. The zero-order valence-corrected chi connectivity index (χ0v) is 8.26. The monoisotopic (exact) mass is 220 g/mol. The molecule has 2 nitrogen and oxygen atoms in total. The maximum Gasteiger partial charge on any atom is 0.149 e. The predicted octanol–water partition coefficient (Wildman–Crippen LogP) is 1.77. The van der Waals surface area contributed by atoms with Gasteiger partial charge in [-0.25, -0.2) is 0 Å². The van der Waals surface area contributed by atoms with Crippen LogP contribution in [0.4, 0.5) is 0 Å². The lowest BCUT2D eigenvalue weighted by atomic mass is 9.96. The molecule has 1 saturated heterocycles. The quantitative estimate of drug-likeness (QED) is 0.679. The number of hydrogen-bond donors (Lipinski definition) is 0. The standard InChI is InChI=1S/C8H13BrO2/c1-2-8-6(3-4-11-8)7(10)5-9/h6,8H,2-5H2,1H3. The second kappa shape index (κ2) is 4.21. The van der Waals surface area contributed by atoms with Crippen molar-refractivity contribution in [1.82, 2.24) is 0 Å². The molecule has 0 aromatic heterocycles. The van der Waals surface area contributed by atoms with Gasteiger partial charge in [-0.1, -0.05) is 22.9 Å². The molecule has 3 heteroatoms. The van der Waals surface area contributed by atoms with Crippen LogP contribution in [0.25, 0.3) is 0 Å². The zero-order valence-electron chi connectivity index (χ0n) is 6.68. The highest BCUT2D eigenvalue weighted by Crippen LogP contribution is 2.24. The average molecular weight is 221 g/mol. The van der Waals surface area contributed by atoms with E-state index in [1.54, 1.807) is 0 Å². The van der Waals surface area contributed by atoms with Gasteiger partial charge in [-0.2, -0.15) is 0 Å². The van der Waals surface area contributed by atoms with E-state index in [4.69, 9.17) is 4.74 Å². The van der Waals surface area contributed by atoms with E-state index in [2.05, 4.69) is 22.9 Å². The zero-order chi connectivity index (χ0) is 8.27. The highest BCUT2D eigenvalue weighted by molar-refractivity contribution is 9.09. The molecule has 0 saturated carbocycles. The number of alkyl halides is 1. The van der Waals surface area contributed by atoms with E-state index in [1.165, 1.54) is 0 Å². The lowest BCUT2D eigenvalue weighted by molar-refractivity contribution is -0.121. The Balaban J connectivity index is 2.49. The van der Waals surface area contributed by atoms with Crippen LogP contribution in [0.15, 0.2) is 0 Å². The maximum atomic E-state index is 11.3. The number of rotatable bonds is 3. The van der Waals surface area contributed by atoms with E-state index in [0.717, 1.165) is 19.4 Å². The van der Waals surface area contributed by atoms with E-state index in [-0.39, 0.29) is 17.8 Å². The molecule has 0 spiro atoms. The summed E-state index contributed by atoms with van der Waals surface area (Å²) < 4.78 is 5.40. The van der Waals surface area contributed by atoms with E-state index < -0.39 is 0 Å². The van der Waals surface area contributed by atoms with Crippen LogP contribution >= 0.6 is 15.9 Å². The Labute approximate surface area is 75.4 Å². The Hall–Kier alpha value is 0.110. The summed E-state index contributed by atoms with van der Waals surface area (Å²) in [7, 11) is 0. The largest absolute Gasteiger partial charge is 0.377 e. The molecule has 64 valence electrons. The van der Waals surface area contributed by atoms with Crippen molar-refractivity contribution >= 4 is 21.7 Å². The van der Waals surface area contributed by atoms with Gasteiger partial charge in [0.15, 0.2) is 0 Å². The van der Waals surface area contributed by atoms with E-state index in [1.807, 2.05) is 0 Å². The van der Waals surface area contributed by atoms with Crippen LogP contribution in [0.3, 0.4) is 0 Å². The number of carbonyl (C=O) groups is 1. The summed E-state index contributed by atoms with van der Waals surface area (Å²) in [4.78, 5) is 11.3. The van der Waals surface area contributed by atoms with E-state index in [9.17, 15) is 4.79 Å². The van der Waals surface area contributed by atoms with Crippen molar-refractivity contribution in [2.24, 2.45) is 5.92 Å². The maximum absolute atomic E-state index is 11.3. The van der Waals surface area contributed by atoms with Crippen LogP contribution in [0.5, 0.6) is 0 Å². The second-order valence-electron chi connectivity index (χ2n) is 2.81. The lowest BCUT2D eigenvalue weighted by Crippen LogP contribution is -2.24. The van der Waals surface area contributed by atoms with Gasteiger partial charge in [-0.15, -0.1) is 0 Å². The minimum atomic E-state index is 0.152. The van der Waals surface area contributed by atoms with Crippen molar-refractivity contribution in [2.45, 2.75) is 25.9 Å². The van der Waals surface area contributed by atoms with Gasteiger partial charge in [0.05, 0.1) is 11.4 Å². The summed E-state index contributed by atoms with van der Waals surface area (Å²) in [6.07, 6.45) is 2.03. The first-order chi connectivity index (χ1) is 5.29. The summed E-state index contributed by atoms with van der Waals surface area (Å²) in [5, 5.41) is 0.470. The molecule has 1 heterocycles. The minimum Gasteiger partial charge on any atom is -0.377 e. The van der Waals surface area contributed by atoms with Crippen LogP contribution in [0, 0.1) is 5.92 Å². The van der Waals surface area contributed by atoms with Gasteiger partial charge in [0, 0.05) is 12.5 Å². The molecule has 1 fully saturated rings. The van der Waals surface area contributed by atoms with Gasteiger partial charge >= 0.3 is 0 Å². The molecule has 0 aromatic rings. The van der Waals surface area contributed by atoms with Crippen molar-refractivity contribution in [3.8, 4) is 0 Å². The summed E-state index contributed by atoms with van der Waals surface area (Å²) >= 11 is 3.18. The molecule has 2 atom stereocenters. The van der Waals surface area contributed by atoms with E-state index >= 15 is 0 Å². The average Bonchev–Trinajstić information content (AvgIpc) is 2.50. The van der Waals surface area contributed by atoms with Crippen molar-refractivity contribution in [3.63, 3.8) is 0 Å². The second-order valence-corrected chi connectivity index (χ2v) is 3.37. The van der Waals surface area contributed by atoms with Crippen molar-refractivity contribution in [3.05, 3.63) is 0 Å². The third-order valence-electron chi connectivity index (χ3n) is 2.16. The third kappa shape index (κ3) is 2.03. The topological polar surface area (TPSA) is 26.3 Å². The smallest absolute Gasteiger partial charge is 0.149 e. The van der Waals surface area contributed by atoms with Crippen molar-refractivity contribution in [1.29, 1.82) is 0 Å². The van der Waals surface area contributed by atoms with Crippen LogP contribution in [0.2, 0.25) is 0 Å². The molecule has 2 unspecified atom stereocenters. The molecule has 0 bridgehead atoms. The van der Waals surface area contributed by atoms with Gasteiger partial charge in [-0.3, -0.25) is 4.79 Å². The molecule has 0 aliphatic carbocycles. The lowest BCUT2D eigenvalue weighted by Gasteiger charge is -2.13. The van der Waals surface area contributed by atoms with Gasteiger partial charge < -0.3 is 4.74 Å². The Morgan fingerprint density at radius 2 is 2.45 bits per heavy atom. The summed E-state index contributed by atoms with van der Waals surface area (Å²) in [5.41, 5.74) is 0. The molecule has 0 N–H and O–H groups in total. The van der Waals surface area contributed by atoms with Gasteiger partial charge in [0.2, 0.25) is 0 Å². The minimum absolute atomic E-state index is 0.152. The first-order valence-corrected chi connectivity index (χ1v) is 5.12. The van der Waals surface area contributed by atoms with Crippen LogP contribution in [-0.4, -0.2) is 23.8 Å². The van der Waals surface area contributed by atoms with Crippen LogP contribution < -0.4 is 0 Å². The number of hydrogen-bond acceptors (Lipinski definition) is 2. The van der Waals surface area contributed by atoms with Crippen molar-refractivity contribution in [2.75, 3.05) is 11.9 Å². The fourth-order valence-corrected chi connectivity index (χ4v) is 1.93. The molecule has 1 aliphatic heterocycles. The van der Waals surface area contributed by atoms with Gasteiger partial charge in [0.1, 0.15) is 5.78 Å². The highest BCUT2D eigenvalue weighted by atomic mass is 79.9. The van der Waals surface area contributed by atoms with Crippen molar-refractivity contribution < 1.29 is 9.53 Å². The molecule has 0 radical (unpaired) electrons. The Morgan fingerprint density at radius 1 is 1.73 bits per heavy atom. The third-order valence-corrected chi connectivity index (χ3v) is 2.71. The first kappa shape index (κ1) is 9.20. The van der Waals surface area contributed by atoms with Gasteiger partial charge in [0.25, 0.3) is 0 Å². The Morgan fingerprint density at radius 3 is 3.00 bits per heavy atom. The molecule has 0 aromatic carbocycles. The number of carbonyl (C=O) groups excluding carboxylic acids is 1.